The fourth-order valence-electron chi connectivity index (χ4n) is 4.25. The van der Waals surface area contributed by atoms with Gasteiger partial charge in [-0.25, -0.2) is 0 Å². The van der Waals surface area contributed by atoms with E-state index in [4.69, 9.17) is 0 Å². The maximum Gasteiger partial charge on any atom is 0.0125 e. The molecule has 2 aliphatic rings. The lowest BCUT2D eigenvalue weighted by Crippen LogP contribution is -2.46. The van der Waals surface area contributed by atoms with E-state index in [1.54, 1.807) is 0 Å². The van der Waals surface area contributed by atoms with Crippen molar-refractivity contribution in [3.05, 3.63) is 0 Å². The minimum absolute atomic E-state index is 0.364. The average molecular weight is 323 g/mol. The lowest BCUT2D eigenvalue weighted by Gasteiger charge is -2.42. The summed E-state index contributed by atoms with van der Waals surface area (Å²) >= 11 is 0. The van der Waals surface area contributed by atoms with Crippen LogP contribution in [-0.2, 0) is 0 Å². The van der Waals surface area contributed by atoms with Gasteiger partial charge in [0.2, 0.25) is 0 Å². The Morgan fingerprint density at radius 2 is 1.22 bits per heavy atom. The maximum atomic E-state index is 2.71. The second-order valence-electron chi connectivity index (χ2n) is 10.4. The minimum Gasteiger partial charge on any atom is -0.303 e. The molecule has 2 aliphatic heterocycles. The van der Waals surface area contributed by atoms with Gasteiger partial charge in [-0.15, -0.1) is 0 Å². The molecule has 2 nitrogen and oxygen atoms in total. The van der Waals surface area contributed by atoms with Gasteiger partial charge < -0.3 is 4.90 Å². The monoisotopic (exact) mass is 322 g/mol. The van der Waals surface area contributed by atoms with Crippen LogP contribution in [0, 0.1) is 17.3 Å². The number of likely N-dealkylation sites (tertiary alicyclic amines) is 2. The van der Waals surface area contributed by atoms with Crippen LogP contribution in [0.1, 0.15) is 80.1 Å². The standard InChI is InChI=1S/C21H42N2/c1-20(2,3)11-16-22-12-7-18(8-13-22)17-19-9-14-23(15-10-19)21(4,5)6/h18-19H,7-17H2,1-6H3. The number of piperidine rings is 2. The molecule has 0 N–H and O–H groups in total. The largest absolute Gasteiger partial charge is 0.303 e. The second kappa shape index (κ2) is 7.87. The van der Waals surface area contributed by atoms with E-state index in [0.717, 1.165) is 11.8 Å². The smallest absolute Gasteiger partial charge is 0.0125 e. The molecule has 0 spiro atoms. The van der Waals surface area contributed by atoms with Gasteiger partial charge in [0.25, 0.3) is 0 Å². The van der Waals surface area contributed by atoms with Crippen molar-refractivity contribution >= 4 is 0 Å². The van der Waals surface area contributed by atoms with E-state index in [1.165, 1.54) is 71.2 Å². The van der Waals surface area contributed by atoms with Crippen molar-refractivity contribution in [2.75, 3.05) is 32.7 Å². The predicted molar refractivity (Wildman–Crippen MR) is 102 cm³/mol. The van der Waals surface area contributed by atoms with E-state index in [9.17, 15) is 0 Å². The highest BCUT2D eigenvalue weighted by Crippen LogP contribution is 2.32. The van der Waals surface area contributed by atoms with Gasteiger partial charge in [-0.2, -0.15) is 0 Å². The lowest BCUT2D eigenvalue weighted by atomic mass is 9.82. The van der Waals surface area contributed by atoms with Crippen molar-refractivity contribution in [1.82, 2.24) is 9.80 Å². The van der Waals surface area contributed by atoms with Crippen molar-refractivity contribution in [3.8, 4) is 0 Å². The molecule has 23 heavy (non-hydrogen) atoms. The first-order valence-corrected chi connectivity index (χ1v) is 10.1. The SMILES string of the molecule is CC(C)(C)CCN1CCC(CC2CCN(C(C)(C)C)CC2)CC1. The Bertz CT molecular complexity index is 334. The molecular weight excluding hydrogens is 280 g/mol. The van der Waals surface area contributed by atoms with E-state index >= 15 is 0 Å². The highest BCUT2D eigenvalue weighted by Gasteiger charge is 2.29. The van der Waals surface area contributed by atoms with Crippen molar-refractivity contribution in [2.24, 2.45) is 17.3 Å². The van der Waals surface area contributed by atoms with Crippen LogP contribution in [0.4, 0.5) is 0 Å². The third kappa shape index (κ3) is 6.74. The highest BCUT2D eigenvalue weighted by molar-refractivity contribution is 4.84. The quantitative estimate of drug-likeness (QED) is 0.716. The Labute approximate surface area is 146 Å². The summed E-state index contributed by atoms with van der Waals surface area (Å²) in [5.41, 5.74) is 0.848. The molecule has 0 unspecified atom stereocenters. The van der Waals surface area contributed by atoms with Crippen molar-refractivity contribution < 1.29 is 0 Å². The molecule has 0 atom stereocenters. The summed E-state index contributed by atoms with van der Waals surface area (Å²) in [7, 11) is 0. The Balaban J connectivity index is 1.64. The molecule has 0 aromatic carbocycles. The van der Waals surface area contributed by atoms with Crippen LogP contribution in [0.15, 0.2) is 0 Å². The van der Waals surface area contributed by atoms with Crippen LogP contribution in [0.3, 0.4) is 0 Å². The molecule has 0 bridgehead atoms. The fourth-order valence-corrected chi connectivity index (χ4v) is 4.25. The lowest BCUT2D eigenvalue weighted by molar-refractivity contribution is 0.0736. The van der Waals surface area contributed by atoms with Gasteiger partial charge >= 0.3 is 0 Å². The van der Waals surface area contributed by atoms with Crippen molar-refractivity contribution in [2.45, 2.75) is 85.6 Å². The summed E-state index contributed by atoms with van der Waals surface area (Å²) < 4.78 is 0. The molecular formula is C21H42N2. The van der Waals surface area contributed by atoms with Crippen molar-refractivity contribution in [3.63, 3.8) is 0 Å². The Hall–Kier alpha value is -0.0800. The summed E-state index contributed by atoms with van der Waals surface area (Å²) in [5.74, 6) is 2.01. The third-order valence-corrected chi connectivity index (χ3v) is 6.12. The molecule has 0 radical (unpaired) electrons. The van der Waals surface area contributed by atoms with Crippen LogP contribution in [0.2, 0.25) is 0 Å². The van der Waals surface area contributed by atoms with E-state index in [-0.39, 0.29) is 0 Å². The summed E-state index contributed by atoms with van der Waals surface area (Å²) in [5, 5.41) is 0. The minimum atomic E-state index is 0.364. The number of nitrogens with zero attached hydrogens (tertiary/aromatic N) is 2. The first-order chi connectivity index (χ1) is 10.6. The summed E-state index contributed by atoms with van der Waals surface area (Å²) in [6.07, 6.45) is 8.60. The second-order valence-corrected chi connectivity index (χ2v) is 10.4. The molecule has 136 valence electrons. The van der Waals surface area contributed by atoms with Gasteiger partial charge in [0.1, 0.15) is 0 Å². The molecule has 0 saturated carbocycles. The van der Waals surface area contributed by atoms with Gasteiger partial charge in [0.05, 0.1) is 0 Å². The topological polar surface area (TPSA) is 6.48 Å². The normalized spacial score (nSPS) is 24.3. The molecule has 0 amide bonds. The summed E-state index contributed by atoms with van der Waals surface area (Å²) in [4.78, 5) is 5.39. The Morgan fingerprint density at radius 1 is 0.739 bits per heavy atom. The zero-order valence-corrected chi connectivity index (χ0v) is 16.8. The third-order valence-electron chi connectivity index (χ3n) is 6.12. The molecule has 0 aromatic rings. The zero-order chi connectivity index (χ0) is 17.1. The van der Waals surface area contributed by atoms with Crippen LogP contribution in [-0.4, -0.2) is 48.1 Å². The van der Waals surface area contributed by atoms with E-state index < -0.39 is 0 Å². The predicted octanol–water partition coefficient (Wildman–Crippen LogP) is 5.04. The van der Waals surface area contributed by atoms with Gasteiger partial charge in [0.15, 0.2) is 0 Å². The maximum absolute atomic E-state index is 2.71. The van der Waals surface area contributed by atoms with E-state index in [2.05, 4.69) is 51.3 Å². The molecule has 2 saturated heterocycles. The molecule has 0 aromatic heterocycles. The molecule has 2 heteroatoms. The Morgan fingerprint density at radius 3 is 1.65 bits per heavy atom. The average Bonchev–Trinajstić information content (AvgIpc) is 2.45. The summed E-state index contributed by atoms with van der Waals surface area (Å²) in [6, 6.07) is 0. The number of hydrogen-bond acceptors (Lipinski definition) is 2. The van der Waals surface area contributed by atoms with Gasteiger partial charge in [-0.1, -0.05) is 20.8 Å². The molecule has 0 aliphatic carbocycles. The van der Waals surface area contributed by atoms with Gasteiger partial charge in [0, 0.05) is 5.54 Å². The molecule has 2 fully saturated rings. The first kappa shape index (κ1) is 19.2. The van der Waals surface area contributed by atoms with Crippen LogP contribution in [0.5, 0.6) is 0 Å². The Kier molecular flexibility index (Phi) is 6.58. The first-order valence-electron chi connectivity index (χ1n) is 10.1. The van der Waals surface area contributed by atoms with Crippen LogP contribution in [0.25, 0.3) is 0 Å². The number of rotatable bonds is 4. The fraction of sp³-hybridized carbons (Fsp3) is 1.00. The zero-order valence-electron chi connectivity index (χ0n) is 16.8. The molecule has 2 rings (SSSR count). The van der Waals surface area contributed by atoms with Gasteiger partial charge in [-0.3, -0.25) is 4.90 Å². The summed E-state index contributed by atoms with van der Waals surface area (Å²) in [6.45, 7) is 20.8. The van der Waals surface area contributed by atoms with Crippen LogP contribution >= 0.6 is 0 Å². The van der Waals surface area contributed by atoms with Gasteiger partial charge in [-0.05, 0) is 109 Å². The van der Waals surface area contributed by atoms with Crippen LogP contribution < -0.4 is 0 Å². The number of hydrogen-bond donors (Lipinski definition) is 0. The molecule has 2 heterocycles. The van der Waals surface area contributed by atoms with Crippen molar-refractivity contribution in [1.29, 1.82) is 0 Å². The van der Waals surface area contributed by atoms with E-state index in [0.29, 0.717) is 11.0 Å². The highest BCUT2D eigenvalue weighted by atomic mass is 15.2. The van der Waals surface area contributed by atoms with E-state index in [1.807, 2.05) is 0 Å².